The lowest BCUT2D eigenvalue weighted by atomic mass is 10.0. The predicted molar refractivity (Wildman–Crippen MR) is 72.2 cm³/mol. The van der Waals surface area contributed by atoms with E-state index in [0.29, 0.717) is 0 Å². The third-order valence-electron chi connectivity index (χ3n) is 2.63. The maximum atomic E-state index is 11.8. The number of aryl methyl sites for hydroxylation is 1. The first-order valence-corrected chi connectivity index (χ1v) is 5.85. The molecule has 1 heterocycles. The SMILES string of the molecule is Cn1cnc2cc(NC(=O)CC(C)(C)N)ccc21. The van der Waals surface area contributed by atoms with Crippen molar-refractivity contribution in [1.82, 2.24) is 9.55 Å². The zero-order valence-electron chi connectivity index (χ0n) is 10.9. The molecular formula is C13H18N4O. The second-order valence-corrected chi connectivity index (χ2v) is 5.27. The molecule has 0 bridgehead atoms. The summed E-state index contributed by atoms with van der Waals surface area (Å²) in [5, 5.41) is 2.83. The number of carbonyl (C=O) groups is 1. The topological polar surface area (TPSA) is 72.9 Å². The highest BCUT2D eigenvalue weighted by atomic mass is 16.1. The number of carbonyl (C=O) groups excluding carboxylic acids is 1. The van der Waals surface area contributed by atoms with Gasteiger partial charge in [-0.1, -0.05) is 0 Å². The smallest absolute Gasteiger partial charge is 0.226 e. The van der Waals surface area contributed by atoms with Gasteiger partial charge in [0.15, 0.2) is 0 Å². The third kappa shape index (κ3) is 2.87. The first kappa shape index (κ1) is 12.6. The van der Waals surface area contributed by atoms with Crippen molar-refractivity contribution in [1.29, 1.82) is 0 Å². The van der Waals surface area contributed by atoms with Crippen LogP contribution in [0.2, 0.25) is 0 Å². The van der Waals surface area contributed by atoms with E-state index in [0.717, 1.165) is 16.7 Å². The molecule has 3 N–H and O–H groups in total. The molecule has 1 aromatic heterocycles. The Hall–Kier alpha value is -1.88. The second-order valence-electron chi connectivity index (χ2n) is 5.27. The zero-order chi connectivity index (χ0) is 13.3. The third-order valence-corrected chi connectivity index (χ3v) is 2.63. The van der Waals surface area contributed by atoms with E-state index in [4.69, 9.17) is 5.73 Å². The molecule has 96 valence electrons. The number of hydrogen-bond donors (Lipinski definition) is 2. The van der Waals surface area contributed by atoms with E-state index in [1.54, 1.807) is 6.33 Å². The van der Waals surface area contributed by atoms with Gasteiger partial charge in [0.1, 0.15) is 0 Å². The molecule has 0 aliphatic heterocycles. The maximum Gasteiger partial charge on any atom is 0.226 e. The van der Waals surface area contributed by atoms with Crippen molar-refractivity contribution in [3.63, 3.8) is 0 Å². The molecule has 0 saturated carbocycles. The van der Waals surface area contributed by atoms with Gasteiger partial charge >= 0.3 is 0 Å². The second kappa shape index (κ2) is 4.42. The summed E-state index contributed by atoms with van der Waals surface area (Å²) in [5.41, 5.74) is 7.95. The fraction of sp³-hybridized carbons (Fsp3) is 0.385. The molecular weight excluding hydrogens is 228 g/mol. The van der Waals surface area contributed by atoms with Crippen molar-refractivity contribution in [2.45, 2.75) is 25.8 Å². The Labute approximate surface area is 106 Å². The first-order valence-electron chi connectivity index (χ1n) is 5.85. The fourth-order valence-corrected chi connectivity index (χ4v) is 1.83. The first-order chi connectivity index (χ1) is 8.35. The minimum Gasteiger partial charge on any atom is -0.334 e. The normalized spacial score (nSPS) is 11.8. The molecule has 0 unspecified atom stereocenters. The number of fused-ring (bicyclic) bond motifs is 1. The van der Waals surface area contributed by atoms with E-state index in [1.807, 2.05) is 43.7 Å². The van der Waals surface area contributed by atoms with Crippen molar-refractivity contribution in [3.8, 4) is 0 Å². The lowest BCUT2D eigenvalue weighted by Gasteiger charge is -2.17. The fourth-order valence-electron chi connectivity index (χ4n) is 1.83. The quantitative estimate of drug-likeness (QED) is 0.864. The average Bonchev–Trinajstić information content (AvgIpc) is 2.57. The Bertz CT molecular complexity index is 580. The molecule has 1 amide bonds. The molecule has 5 heteroatoms. The minimum atomic E-state index is -0.501. The summed E-state index contributed by atoms with van der Waals surface area (Å²) >= 11 is 0. The molecule has 2 rings (SSSR count). The Morgan fingerprint density at radius 2 is 2.22 bits per heavy atom. The van der Waals surface area contributed by atoms with Gasteiger partial charge in [-0.2, -0.15) is 0 Å². The van der Waals surface area contributed by atoms with Crippen LogP contribution >= 0.6 is 0 Å². The summed E-state index contributed by atoms with van der Waals surface area (Å²) in [6.07, 6.45) is 2.03. The van der Waals surface area contributed by atoms with Crippen LogP contribution in [0, 0.1) is 0 Å². The van der Waals surface area contributed by atoms with Gasteiger partial charge in [0.25, 0.3) is 0 Å². The monoisotopic (exact) mass is 246 g/mol. The van der Waals surface area contributed by atoms with E-state index in [1.165, 1.54) is 0 Å². The summed E-state index contributed by atoms with van der Waals surface area (Å²) in [7, 11) is 1.94. The van der Waals surface area contributed by atoms with E-state index in [9.17, 15) is 4.79 Å². The molecule has 18 heavy (non-hydrogen) atoms. The van der Waals surface area contributed by atoms with Gasteiger partial charge in [0.2, 0.25) is 5.91 Å². The summed E-state index contributed by atoms with van der Waals surface area (Å²) in [6.45, 7) is 3.66. The molecule has 0 saturated heterocycles. The minimum absolute atomic E-state index is 0.0854. The van der Waals surface area contributed by atoms with Gasteiger partial charge < -0.3 is 15.6 Å². The molecule has 1 aromatic carbocycles. The van der Waals surface area contributed by atoms with E-state index in [2.05, 4.69) is 10.3 Å². The average molecular weight is 246 g/mol. The van der Waals surface area contributed by atoms with E-state index < -0.39 is 5.54 Å². The standard InChI is InChI=1S/C13H18N4O/c1-13(2,14)7-12(18)16-9-4-5-11-10(6-9)15-8-17(11)3/h4-6,8H,7,14H2,1-3H3,(H,16,18). The summed E-state index contributed by atoms with van der Waals surface area (Å²) in [4.78, 5) is 16.0. The van der Waals surface area contributed by atoms with Gasteiger partial charge in [-0.3, -0.25) is 4.79 Å². The van der Waals surface area contributed by atoms with Crippen molar-refractivity contribution >= 4 is 22.6 Å². The number of nitrogens with two attached hydrogens (primary N) is 1. The number of rotatable bonds is 3. The van der Waals surface area contributed by atoms with Gasteiger partial charge in [-0.05, 0) is 32.0 Å². The van der Waals surface area contributed by atoms with Gasteiger partial charge in [-0.25, -0.2) is 4.98 Å². The summed E-state index contributed by atoms with van der Waals surface area (Å²) in [5.74, 6) is -0.0854. The largest absolute Gasteiger partial charge is 0.334 e. The number of nitrogens with one attached hydrogen (secondary N) is 1. The van der Waals surface area contributed by atoms with E-state index in [-0.39, 0.29) is 12.3 Å². The highest BCUT2D eigenvalue weighted by Gasteiger charge is 2.16. The lowest BCUT2D eigenvalue weighted by molar-refractivity contribution is -0.117. The van der Waals surface area contributed by atoms with Crippen molar-refractivity contribution in [2.75, 3.05) is 5.32 Å². The van der Waals surface area contributed by atoms with Crippen molar-refractivity contribution < 1.29 is 4.79 Å². The zero-order valence-corrected chi connectivity index (χ0v) is 10.9. The molecule has 0 atom stereocenters. The summed E-state index contributed by atoms with van der Waals surface area (Å²) < 4.78 is 1.93. The number of nitrogens with zero attached hydrogens (tertiary/aromatic N) is 2. The number of amides is 1. The number of aromatic nitrogens is 2. The van der Waals surface area contributed by atoms with Crippen LogP contribution in [0.3, 0.4) is 0 Å². The number of anilines is 1. The Morgan fingerprint density at radius 3 is 2.89 bits per heavy atom. The van der Waals surface area contributed by atoms with Gasteiger partial charge in [0, 0.05) is 24.7 Å². The van der Waals surface area contributed by atoms with Crippen LogP contribution in [-0.2, 0) is 11.8 Å². The lowest BCUT2D eigenvalue weighted by Crippen LogP contribution is -2.36. The molecule has 0 aliphatic rings. The molecule has 0 radical (unpaired) electrons. The van der Waals surface area contributed by atoms with Crippen LogP contribution in [0.5, 0.6) is 0 Å². The van der Waals surface area contributed by atoms with Crippen molar-refractivity contribution in [2.24, 2.45) is 12.8 Å². The highest BCUT2D eigenvalue weighted by Crippen LogP contribution is 2.18. The van der Waals surface area contributed by atoms with Crippen molar-refractivity contribution in [3.05, 3.63) is 24.5 Å². The molecule has 5 nitrogen and oxygen atoms in total. The highest BCUT2D eigenvalue weighted by molar-refractivity contribution is 5.93. The number of imidazole rings is 1. The Kier molecular flexibility index (Phi) is 3.09. The van der Waals surface area contributed by atoms with Crippen LogP contribution in [0.4, 0.5) is 5.69 Å². The molecule has 0 spiro atoms. The Balaban J connectivity index is 2.15. The summed E-state index contributed by atoms with van der Waals surface area (Å²) in [6, 6.07) is 5.66. The van der Waals surface area contributed by atoms with E-state index >= 15 is 0 Å². The van der Waals surface area contributed by atoms with Crippen LogP contribution < -0.4 is 11.1 Å². The number of hydrogen-bond acceptors (Lipinski definition) is 3. The van der Waals surface area contributed by atoms with Crippen LogP contribution in [-0.4, -0.2) is 21.0 Å². The molecule has 0 aliphatic carbocycles. The van der Waals surface area contributed by atoms with Gasteiger partial charge in [0.05, 0.1) is 17.4 Å². The van der Waals surface area contributed by atoms with Crippen LogP contribution in [0.15, 0.2) is 24.5 Å². The maximum absolute atomic E-state index is 11.8. The van der Waals surface area contributed by atoms with Crippen LogP contribution in [0.1, 0.15) is 20.3 Å². The molecule has 2 aromatic rings. The van der Waals surface area contributed by atoms with Gasteiger partial charge in [-0.15, -0.1) is 0 Å². The number of benzene rings is 1. The van der Waals surface area contributed by atoms with Crippen LogP contribution in [0.25, 0.3) is 11.0 Å². The molecule has 0 fully saturated rings. The Morgan fingerprint density at radius 1 is 1.50 bits per heavy atom. The predicted octanol–water partition coefficient (Wildman–Crippen LogP) is 1.64.